The van der Waals surface area contributed by atoms with Crippen LogP contribution in [0.4, 0.5) is 0 Å². The predicted octanol–water partition coefficient (Wildman–Crippen LogP) is 3.55. The first-order valence-corrected chi connectivity index (χ1v) is 12.4. The van der Waals surface area contributed by atoms with E-state index < -0.39 is 0 Å². The quantitative estimate of drug-likeness (QED) is 0.224. The van der Waals surface area contributed by atoms with Gasteiger partial charge in [0.1, 0.15) is 0 Å². The van der Waals surface area contributed by atoms with Crippen LogP contribution in [-0.2, 0) is 4.74 Å². The number of hydrogen-bond donors (Lipinski definition) is 2. The van der Waals surface area contributed by atoms with Crippen molar-refractivity contribution in [2.75, 3.05) is 57.4 Å². The van der Waals surface area contributed by atoms with Gasteiger partial charge in [0, 0.05) is 42.1 Å². The van der Waals surface area contributed by atoms with E-state index in [1.165, 1.54) is 22.8 Å². The summed E-state index contributed by atoms with van der Waals surface area (Å²) < 4.78 is 5.57. The minimum atomic E-state index is 0. The van der Waals surface area contributed by atoms with Gasteiger partial charge in [-0.3, -0.25) is 9.89 Å². The molecule has 2 fully saturated rings. The van der Waals surface area contributed by atoms with Gasteiger partial charge in [0.25, 0.3) is 0 Å². The number of nitrogens with one attached hydrogen (secondary N) is 2. The molecule has 8 heteroatoms. The molecule has 5 nitrogen and oxygen atoms in total. The summed E-state index contributed by atoms with van der Waals surface area (Å²) in [6.07, 6.45) is 1.22. The van der Waals surface area contributed by atoms with Crippen molar-refractivity contribution in [3.8, 4) is 0 Å². The first-order chi connectivity index (χ1) is 13.7. The van der Waals surface area contributed by atoms with E-state index in [4.69, 9.17) is 9.73 Å². The van der Waals surface area contributed by atoms with Gasteiger partial charge in [-0.15, -0.1) is 35.7 Å². The van der Waals surface area contributed by atoms with Gasteiger partial charge in [0.05, 0.1) is 25.3 Å². The van der Waals surface area contributed by atoms with Crippen LogP contribution in [0.15, 0.2) is 40.2 Å². The molecule has 2 N–H and O–H groups in total. The highest BCUT2D eigenvalue weighted by atomic mass is 127. The maximum atomic E-state index is 5.57. The van der Waals surface area contributed by atoms with Gasteiger partial charge in [0.15, 0.2) is 5.96 Å². The van der Waals surface area contributed by atoms with Gasteiger partial charge in [-0.05, 0) is 31.2 Å². The van der Waals surface area contributed by atoms with Crippen LogP contribution in [0, 0.1) is 0 Å². The molecule has 2 aliphatic heterocycles. The third kappa shape index (κ3) is 7.79. The number of guanidine groups is 1. The van der Waals surface area contributed by atoms with Crippen LogP contribution < -0.4 is 10.6 Å². The van der Waals surface area contributed by atoms with E-state index in [0.717, 1.165) is 51.9 Å². The Balaban J connectivity index is 0.00000300. The van der Waals surface area contributed by atoms with Crippen molar-refractivity contribution in [3.63, 3.8) is 0 Å². The maximum Gasteiger partial charge on any atom is 0.191 e. The fraction of sp³-hybridized carbons (Fsp3) is 0.667. The lowest BCUT2D eigenvalue weighted by atomic mass is 9.96. The Kier molecular flexibility index (Phi) is 11.5. The minimum Gasteiger partial charge on any atom is -0.379 e. The van der Waals surface area contributed by atoms with Gasteiger partial charge in [-0.1, -0.05) is 25.1 Å². The molecule has 0 saturated carbocycles. The van der Waals surface area contributed by atoms with Crippen LogP contribution in [0.3, 0.4) is 0 Å². The molecule has 1 aromatic rings. The Morgan fingerprint density at radius 1 is 1.28 bits per heavy atom. The van der Waals surface area contributed by atoms with Crippen molar-refractivity contribution in [1.29, 1.82) is 0 Å². The Morgan fingerprint density at radius 3 is 2.69 bits per heavy atom. The Morgan fingerprint density at radius 2 is 2.03 bits per heavy atom. The van der Waals surface area contributed by atoms with Crippen molar-refractivity contribution in [1.82, 2.24) is 15.5 Å². The molecule has 29 heavy (non-hydrogen) atoms. The minimum absolute atomic E-state index is 0. The topological polar surface area (TPSA) is 48.9 Å². The highest BCUT2D eigenvalue weighted by molar-refractivity contribution is 14.0. The highest BCUT2D eigenvalue weighted by Gasteiger charge is 2.40. The van der Waals surface area contributed by atoms with Crippen LogP contribution in [0.5, 0.6) is 0 Å². The van der Waals surface area contributed by atoms with Crippen molar-refractivity contribution >= 4 is 53.5 Å². The van der Waals surface area contributed by atoms with Crippen molar-refractivity contribution < 1.29 is 4.74 Å². The monoisotopic (exact) mass is 550 g/mol. The summed E-state index contributed by atoms with van der Waals surface area (Å²) in [6.45, 7) is 10.8. The van der Waals surface area contributed by atoms with Gasteiger partial charge in [-0.25, -0.2) is 0 Å². The fourth-order valence-electron chi connectivity index (χ4n) is 3.69. The van der Waals surface area contributed by atoms with E-state index >= 15 is 0 Å². The van der Waals surface area contributed by atoms with Crippen molar-refractivity contribution in [3.05, 3.63) is 30.3 Å². The van der Waals surface area contributed by atoms with Gasteiger partial charge < -0.3 is 15.4 Å². The van der Waals surface area contributed by atoms with E-state index in [2.05, 4.69) is 71.5 Å². The molecule has 2 atom stereocenters. The average molecular weight is 551 g/mol. The standard InChI is InChI=1S/C21H34N4OS2.HI/c1-3-22-20(23-15-18(2)28-19-7-5-4-6-8-19)24-16-21(9-14-27-17-21)25-10-12-26-13-11-25;/h4-8,18H,3,9-17H2,1-2H3,(H2,22,23,24);1H. The summed E-state index contributed by atoms with van der Waals surface area (Å²) in [5, 5.41) is 7.45. The van der Waals surface area contributed by atoms with Crippen LogP contribution >= 0.6 is 47.5 Å². The molecule has 0 radical (unpaired) electrons. The number of hydrogen-bond acceptors (Lipinski definition) is 5. The number of thioether (sulfide) groups is 2. The number of aliphatic imine (C=N–C) groups is 1. The van der Waals surface area contributed by atoms with Crippen LogP contribution in [-0.4, -0.2) is 79.1 Å². The fourth-order valence-corrected chi connectivity index (χ4v) is 6.10. The van der Waals surface area contributed by atoms with Crippen LogP contribution in [0.25, 0.3) is 0 Å². The van der Waals surface area contributed by atoms with Gasteiger partial charge in [-0.2, -0.15) is 11.8 Å². The smallest absolute Gasteiger partial charge is 0.191 e. The summed E-state index contributed by atoms with van der Waals surface area (Å²) in [5.74, 6) is 3.35. The molecule has 0 spiro atoms. The molecular formula is C21H35IN4OS2. The zero-order chi connectivity index (χ0) is 19.7. The van der Waals surface area contributed by atoms with Crippen LogP contribution in [0.1, 0.15) is 20.3 Å². The summed E-state index contributed by atoms with van der Waals surface area (Å²) in [5.41, 5.74) is 0.196. The zero-order valence-electron chi connectivity index (χ0n) is 17.6. The normalized spacial score (nSPS) is 24.0. The summed E-state index contributed by atoms with van der Waals surface area (Å²) in [4.78, 5) is 8.95. The zero-order valence-corrected chi connectivity index (χ0v) is 21.5. The van der Waals surface area contributed by atoms with Crippen LogP contribution in [0.2, 0.25) is 0 Å². The highest BCUT2D eigenvalue weighted by Crippen LogP contribution is 2.34. The molecule has 0 bridgehead atoms. The van der Waals surface area contributed by atoms with E-state index in [1.54, 1.807) is 0 Å². The molecule has 0 aromatic heterocycles. The number of rotatable bonds is 8. The molecule has 0 amide bonds. The largest absolute Gasteiger partial charge is 0.379 e. The van der Waals surface area contributed by atoms with E-state index in [-0.39, 0.29) is 29.5 Å². The van der Waals surface area contributed by atoms with E-state index in [1.807, 2.05) is 11.8 Å². The first-order valence-electron chi connectivity index (χ1n) is 10.4. The number of ether oxygens (including phenoxy) is 1. The lowest BCUT2D eigenvalue weighted by molar-refractivity contribution is -0.0104. The summed E-state index contributed by atoms with van der Waals surface area (Å²) in [6, 6.07) is 10.6. The number of benzene rings is 1. The predicted molar refractivity (Wildman–Crippen MR) is 138 cm³/mol. The number of halogens is 1. The Hall–Kier alpha value is -0.160. The SMILES string of the molecule is CCNC(=NCC1(N2CCOCC2)CCSC1)NCC(C)Sc1ccccc1.I. The second-order valence-corrected chi connectivity index (χ2v) is 10.1. The van der Waals surface area contributed by atoms with Crippen molar-refractivity contribution in [2.45, 2.75) is 36.0 Å². The average Bonchev–Trinajstić information content (AvgIpc) is 3.22. The molecule has 164 valence electrons. The number of nitrogens with zero attached hydrogens (tertiary/aromatic N) is 2. The van der Waals surface area contributed by atoms with Gasteiger partial charge >= 0.3 is 0 Å². The van der Waals surface area contributed by atoms with E-state index in [0.29, 0.717) is 5.25 Å². The molecule has 3 rings (SSSR count). The van der Waals surface area contributed by atoms with Gasteiger partial charge in [0.2, 0.25) is 0 Å². The van der Waals surface area contributed by atoms with E-state index in [9.17, 15) is 0 Å². The third-order valence-electron chi connectivity index (χ3n) is 5.28. The summed E-state index contributed by atoms with van der Waals surface area (Å²) in [7, 11) is 0. The number of morpholine rings is 1. The molecular weight excluding hydrogens is 515 g/mol. The second-order valence-electron chi connectivity index (χ2n) is 7.44. The third-order valence-corrected chi connectivity index (χ3v) is 7.63. The lowest BCUT2D eigenvalue weighted by Gasteiger charge is -2.42. The summed E-state index contributed by atoms with van der Waals surface area (Å²) >= 11 is 3.96. The molecule has 1 aromatic carbocycles. The molecule has 2 aliphatic rings. The Bertz CT molecular complexity index is 608. The first kappa shape index (κ1) is 25.1. The Labute approximate surface area is 201 Å². The second kappa shape index (κ2) is 13.3. The maximum absolute atomic E-state index is 5.57. The molecule has 2 heterocycles. The van der Waals surface area contributed by atoms with Crippen molar-refractivity contribution in [2.24, 2.45) is 4.99 Å². The molecule has 2 saturated heterocycles. The lowest BCUT2D eigenvalue weighted by Crippen LogP contribution is -2.56. The molecule has 0 aliphatic carbocycles. The molecule has 2 unspecified atom stereocenters.